The zero-order chi connectivity index (χ0) is 22.7. The van der Waals surface area contributed by atoms with Crippen LogP contribution in [0.3, 0.4) is 0 Å². The molecule has 0 N–H and O–H groups in total. The Kier molecular flexibility index (Phi) is 5.81. The standard InChI is InChI=1S/C25H20O7/c1-28-18-6-4-5-17(11-18)24(26)31-19-9-7-16-12-20(25(27)32-22(16)14-19)15-8-10-21(29-2)23(13-15)30-3/h4-14H,1-3H3. The molecule has 0 fully saturated rings. The topological polar surface area (TPSA) is 84.2 Å². The monoisotopic (exact) mass is 432 g/mol. The molecule has 0 unspecified atom stereocenters. The van der Waals surface area contributed by atoms with Gasteiger partial charge in [0, 0.05) is 11.5 Å². The van der Waals surface area contributed by atoms with Crippen LogP contribution < -0.4 is 24.6 Å². The molecule has 1 aromatic heterocycles. The largest absolute Gasteiger partial charge is 0.497 e. The van der Waals surface area contributed by atoms with Gasteiger partial charge in [-0.1, -0.05) is 12.1 Å². The van der Waals surface area contributed by atoms with Crippen molar-refractivity contribution in [3.63, 3.8) is 0 Å². The summed E-state index contributed by atoms with van der Waals surface area (Å²) in [5.74, 6) is 1.32. The summed E-state index contributed by atoms with van der Waals surface area (Å²) >= 11 is 0. The molecule has 7 heteroatoms. The molecule has 4 aromatic rings. The minimum atomic E-state index is -0.549. The van der Waals surface area contributed by atoms with Crippen LogP contribution in [0.4, 0.5) is 0 Å². The third-order valence-corrected chi connectivity index (χ3v) is 4.92. The van der Waals surface area contributed by atoms with E-state index in [0.29, 0.717) is 44.9 Å². The van der Waals surface area contributed by atoms with Gasteiger partial charge in [-0.05, 0) is 54.1 Å². The molecule has 0 spiro atoms. The van der Waals surface area contributed by atoms with Gasteiger partial charge in [0.2, 0.25) is 0 Å². The van der Waals surface area contributed by atoms with Crippen LogP contribution in [0.1, 0.15) is 10.4 Å². The Labute approximate surface area is 183 Å². The maximum atomic E-state index is 12.7. The number of methoxy groups -OCH3 is 3. The Hall–Kier alpha value is -4.26. The normalized spacial score (nSPS) is 10.6. The number of hydrogen-bond donors (Lipinski definition) is 0. The van der Waals surface area contributed by atoms with Crippen LogP contribution in [0.15, 0.2) is 75.9 Å². The Morgan fingerprint density at radius 3 is 2.34 bits per heavy atom. The summed E-state index contributed by atoms with van der Waals surface area (Å²) in [6.45, 7) is 0. The van der Waals surface area contributed by atoms with E-state index in [1.807, 2.05) is 0 Å². The Morgan fingerprint density at radius 1 is 0.781 bits per heavy atom. The molecule has 0 aliphatic heterocycles. The van der Waals surface area contributed by atoms with E-state index in [1.165, 1.54) is 20.3 Å². The Bertz CT molecular complexity index is 1350. The molecule has 32 heavy (non-hydrogen) atoms. The van der Waals surface area contributed by atoms with E-state index < -0.39 is 11.6 Å². The Balaban J connectivity index is 1.65. The number of rotatable bonds is 6. The van der Waals surface area contributed by atoms with Crippen molar-refractivity contribution in [1.82, 2.24) is 0 Å². The average Bonchev–Trinajstić information content (AvgIpc) is 2.83. The van der Waals surface area contributed by atoms with Crippen LogP contribution in [0.2, 0.25) is 0 Å². The molecule has 162 valence electrons. The highest BCUT2D eigenvalue weighted by atomic mass is 16.5. The van der Waals surface area contributed by atoms with E-state index in [4.69, 9.17) is 23.4 Å². The lowest BCUT2D eigenvalue weighted by atomic mass is 10.1. The summed E-state index contributed by atoms with van der Waals surface area (Å²) in [5, 5.41) is 0.676. The van der Waals surface area contributed by atoms with Crippen molar-refractivity contribution in [2.45, 2.75) is 0 Å². The lowest BCUT2D eigenvalue weighted by molar-refractivity contribution is 0.0734. The van der Waals surface area contributed by atoms with Gasteiger partial charge in [0.15, 0.2) is 11.5 Å². The zero-order valence-electron chi connectivity index (χ0n) is 17.7. The molecule has 0 amide bonds. The molecule has 0 aliphatic carbocycles. The summed E-state index contributed by atoms with van der Waals surface area (Å²) in [4.78, 5) is 25.1. The highest BCUT2D eigenvalue weighted by Gasteiger charge is 2.14. The summed E-state index contributed by atoms with van der Waals surface area (Å²) in [7, 11) is 4.59. The first-order valence-electron chi connectivity index (χ1n) is 9.69. The van der Waals surface area contributed by atoms with E-state index in [-0.39, 0.29) is 5.75 Å². The van der Waals surface area contributed by atoms with Gasteiger partial charge in [-0.15, -0.1) is 0 Å². The van der Waals surface area contributed by atoms with Gasteiger partial charge < -0.3 is 23.4 Å². The molecule has 7 nitrogen and oxygen atoms in total. The fourth-order valence-corrected chi connectivity index (χ4v) is 3.28. The van der Waals surface area contributed by atoms with Crippen molar-refractivity contribution >= 4 is 16.9 Å². The number of benzene rings is 3. The highest BCUT2D eigenvalue weighted by molar-refractivity contribution is 5.92. The lowest BCUT2D eigenvalue weighted by Gasteiger charge is -2.10. The Morgan fingerprint density at radius 2 is 1.59 bits per heavy atom. The summed E-state index contributed by atoms with van der Waals surface area (Å²) in [6, 6.07) is 18.4. The SMILES string of the molecule is COc1cccc(C(=O)Oc2ccc3cc(-c4ccc(OC)c(OC)c4)c(=O)oc3c2)c1. The predicted octanol–water partition coefficient (Wildman–Crippen LogP) is 4.71. The fraction of sp³-hybridized carbons (Fsp3) is 0.120. The third-order valence-electron chi connectivity index (χ3n) is 4.92. The molecule has 0 radical (unpaired) electrons. The zero-order valence-corrected chi connectivity index (χ0v) is 17.7. The number of ether oxygens (including phenoxy) is 4. The molecular weight excluding hydrogens is 412 g/mol. The minimum absolute atomic E-state index is 0.257. The van der Waals surface area contributed by atoms with E-state index in [2.05, 4.69) is 0 Å². The van der Waals surface area contributed by atoms with Gasteiger partial charge >= 0.3 is 11.6 Å². The molecule has 0 saturated heterocycles. The van der Waals surface area contributed by atoms with Crippen LogP contribution in [0, 0.1) is 0 Å². The minimum Gasteiger partial charge on any atom is -0.497 e. The summed E-state index contributed by atoms with van der Waals surface area (Å²) < 4.78 is 26.6. The van der Waals surface area contributed by atoms with Crippen molar-refractivity contribution in [2.75, 3.05) is 21.3 Å². The molecule has 3 aromatic carbocycles. The van der Waals surface area contributed by atoms with Crippen molar-refractivity contribution < 1.29 is 28.2 Å². The van der Waals surface area contributed by atoms with Gasteiger partial charge in [-0.2, -0.15) is 0 Å². The van der Waals surface area contributed by atoms with E-state index in [0.717, 1.165) is 0 Å². The molecular formula is C25H20O7. The smallest absolute Gasteiger partial charge is 0.344 e. The van der Waals surface area contributed by atoms with Gasteiger partial charge in [0.1, 0.15) is 17.1 Å². The van der Waals surface area contributed by atoms with Crippen LogP contribution >= 0.6 is 0 Å². The second-order valence-corrected chi connectivity index (χ2v) is 6.84. The molecule has 4 rings (SSSR count). The highest BCUT2D eigenvalue weighted by Crippen LogP contribution is 2.32. The first-order chi connectivity index (χ1) is 15.5. The number of carbonyl (C=O) groups is 1. The van der Waals surface area contributed by atoms with Gasteiger partial charge in [0.05, 0.1) is 32.5 Å². The molecule has 0 saturated carbocycles. The van der Waals surface area contributed by atoms with Gasteiger partial charge in [-0.3, -0.25) is 0 Å². The first-order valence-corrected chi connectivity index (χ1v) is 9.69. The second-order valence-electron chi connectivity index (χ2n) is 6.84. The molecule has 0 aliphatic rings. The second kappa shape index (κ2) is 8.85. The number of esters is 1. The van der Waals surface area contributed by atoms with Crippen LogP contribution in [0.5, 0.6) is 23.0 Å². The maximum Gasteiger partial charge on any atom is 0.344 e. The van der Waals surface area contributed by atoms with Crippen molar-refractivity contribution in [2.24, 2.45) is 0 Å². The van der Waals surface area contributed by atoms with Crippen molar-refractivity contribution in [3.05, 3.63) is 82.7 Å². The number of carbonyl (C=O) groups excluding carboxylic acids is 1. The van der Waals surface area contributed by atoms with Gasteiger partial charge in [-0.25, -0.2) is 9.59 Å². The van der Waals surface area contributed by atoms with Crippen LogP contribution in [0.25, 0.3) is 22.1 Å². The maximum absolute atomic E-state index is 12.7. The van der Waals surface area contributed by atoms with E-state index in [9.17, 15) is 9.59 Å². The average molecular weight is 432 g/mol. The quantitative estimate of drug-likeness (QED) is 0.248. The fourth-order valence-electron chi connectivity index (χ4n) is 3.28. The van der Waals surface area contributed by atoms with Crippen LogP contribution in [-0.4, -0.2) is 27.3 Å². The molecule has 0 bridgehead atoms. The molecule has 1 heterocycles. The predicted molar refractivity (Wildman–Crippen MR) is 119 cm³/mol. The molecule has 0 atom stereocenters. The van der Waals surface area contributed by atoms with Crippen molar-refractivity contribution in [3.8, 4) is 34.1 Å². The number of hydrogen-bond acceptors (Lipinski definition) is 7. The first kappa shape index (κ1) is 21.0. The van der Waals surface area contributed by atoms with E-state index in [1.54, 1.807) is 67.8 Å². The summed E-state index contributed by atoms with van der Waals surface area (Å²) in [5.41, 5.74) is 1.12. The van der Waals surface area contributed by atoms with Gasteiger partial charge in [0.25, 0.3) is 0 Å². The number of fused-ring (bicyclic) bond motifs is 1. The van der Waals surface area contributed by atoms with Crippen molar-refractivity contribution in [1.29, 1.82) is 0 Å². The lowest BCUT2D eigenvalue weighted by Crippen LogP contribution is -2.08. The van der Waals surface area contributed by atoms with E-state index >= 15 is 0 Å². The summed E-state index contributed by atoms with van der Waals surface area (Å²) in [6.07, 6.45) is 0. The third kappa shape index (κ3) is 4.13. The van der Waals surface area contributed by atoms with Crippen LogP contribution in [-0.2, 0) is 0 Å².